The highest BCUT2D eigenvalue weighted by atomic mass is 19.1. The number of hydrogen-bond donors (Lipinski definition) is 2. The number of aliphatic carboxylic acids is 2. The molecule has 4 nitrogen and oxygen atoms in total. The van der Waals surface area contributed by atoms with E-state index in [1.165, 1.54) is 13.8 Å². The van der Waals surface area contributed by atoms with Gasteiger partial charge in [-0.05, 0) is 13.8 Å². The van der Waals surface area contributed by atoms with Gasteiger partial charge in [0, 0.05) is 0 Å². The molecule has 0 saturated carbocycles. The second-order valence-corrected chi connectivity index (χ2v) is 1.14. The summed E-state index contributed by atoms with van der Waals surface area (Å²) in [5, 5.41) is 14.8. The highest BCUT2D eigenvalue weighted by Crippen LogP contribution is 1.56. The van der Waals surface area contributed by atoms with Crippen LogP contribution in [0.3, 0.4) is 0 Å². The number of carbonyl (C=O) groups is 2. The van der Waals surface area contributed by atoms with Gasteiger partial charge in [-0.3, -0.25) is 8.78 Å². The summed E-state index contributed by atoms with van der Waals surface area (Å²) in [4.78, 5) is 18.2. The third kappa shape index (κ3) is 68.3. The van der Waals surface area contributed by atoms with Crippen LogP contribution in [0.15, 0.2) is 0 Å². The molecule has 74 valence electrons. The van der Waals surface area contributed by atoms with Gasteiger partial charge < -0.3 is 10.2 Å². The lowest BCUT2D eigenvalue weighted by molar-refractivity contribution is -0.159. The molecule has 0 radical (unpaired) electrons. The Kier molecular flexibility index (Phi) is 23.3. The maximum Gasteiger partial charge on any atom is 0.414 e. The molecule has 0 heterocycles. The largest absolute Gasteiger partial charge is 0.473 e. The van der Waals surface area contributed by atoms with Crippen LogP contribution in [0.1, 0.15) is 13.8 Å². The fourth-order valence-electron chi connectivity index (χ4n) is 0. The van der Waals surface area contributed by atoms with Crippen LogP contribution in [0.2, 0.25) is 0 Å². The van der Waals surface area contributed by atoms with Crippen LogP contribution in [-0.2, 0) is 9.59 Å². The summed E-state index contributed by atoms with van der Waals surface area (Å²) in [6.07, 6.45) is 0. The van der Waals surface area contributed by atoms with Crippen LogP contribution in [-0.4, -0.2) is 35.5 Å². The molecule has 0 saturated heterocycles. The summed E-state index contributed by atoms with van der Waals surface area (Å²) >= 11 is 0. The molecule has 6 heteroatoms. The van der Waals surface area contributed by atoms with Gasteiger partial charge >= 0.3 is 11.9 Å². The second-order valence-electron chi connectivity index (χ2n) is 1.14. The van der Waals surface area contributed by atoms with Crippen molar-refractivity contribution in [2.45, 2.75) is 13.8 Å². The van der Waals surface area contributed by atoms with Crippen LogP contribution in [0.4, 0.5) is 8.78 Å². The topological polar surface area (TPSA) is 74.6 Å². The molecule has 0 aliphatic rings. The third-order valence-corrected chi connectivity index (χ3v) is 0.183. The fourth-order valence-corrected chi connectivity index (χ4v) is 0. The van der Waals surface area contributed by atoms with E-state index in [-0.39, 0.29) is 13.3 Å². The number of rotatable bonds is 0. The van der Waals surface area contributed by atoms with Crippen molar-refractivity contribution in [3.63, 3.8) is 0 Å². The average Bonchev–Trinajstić information content (AvgIpc) is 1.90. The van der Waals surface area contributed by atoms with Gasteiger partial charge in [0.25, 0.3) is 0 Å². The second kappa shape index (κ2) is 16.4. The quantitative estimate of drug-likeness (QED) is 0.555. The normalized spacial score (nSPS) is 6.67. The maximum atomic E-state index is 10.3. The molecule has 12 heavy (non-hydrogen) atoms. The molecule has 2 N–H and O–H groups in total. The van der Waals surface area contributed by atoms with Crippen LogP contribution in [0.25, 0.3) is 0 Å². The van der Waals surface area contributed by atoms with E-state index in [1.807, 2.05) is 0 Å². The molecular formula is C6H12F2O4. The van der Waals surface area contributed by atoms with Gasteiger partial charge in [-0.2, -0.15) is 0 Å². The molecule has 0 aromatic heterocycles. The standard InChI is InChI=1S/2C2H5F.C2H2O4/c2*1-2-3;3-1(4)2(5)6/h2*2H2,1H3;(H,3,4)(H,5,6). The van der Waals surface area contributed by atoms with Crippen molar-refractivity contribution in [3.05, 3.63) is 0 Å². The predicted octanol–water partition coefficient (Wildman–Crippen LogP) is 1.11. The van der Waals surface area contributed by atoms with Gasteiger partial charge in [0.05, 0.1) is 13.3 Å². The Morgan fingerprint density at radius 1 is 1.00 bits per heavy atom. The summed E-state index contributed by atoms with van der Waals surface area (Å²) in [7, 11) is 0. The zero-order valence-corrected chi connectivity index (χ0v) is 6.88. The first-order chi connectivity index (χ1) is 5.47. The van der Waals surface area contributed by atoms with Gasteiger partial charge in [-0.15, -0.1) is 0 Å². The molecular weight excluding hydrogens is 174 g/mol. The monoisotopic (exact) mass is 186 g/mol. The Morgan fingerprint density at radius 2 is 1.08 bits per heavy atom. The maximum absolute atomic E-state index is 10.3. The fraction of sp³-hybridized carbons (Fsp3) is 0.667. The number of hydrogen-bond acceptors (Lipinski definition) is 2. The minimum absolute atomic E-state index is 0.250. The van der Waals surface area contributed by atoms with Crippen molar-refractivity contribution in [3.8, 4) is 0 Å². The van der Waals surface area contributed by atoms with Gasteiger partial charge in [0.1, 0.15) is 0 Å². The van der Waals surface area contributed by atoms with Crippen LogP contribution in [0, 0.1) is 0 Å². The molecule has 0 fully saturated rings. The smallest absolute Gasteiger partial charge is 0.414 e. The molecule has 0 spiro atoms. The Bertz CT molecular complexity index is 102. The summed E-state index contributed by atoms with van der Waals surface area (Å²) < 4.78 is 20.6. The van der Waals surface area contributed by atoms with Crippen LogP contribution >= 0.6 is 0 Å². The molecule has 0 atom stereocenters. The van der Waals surface area contributed by atoms with Gasteiger partial charge in [-0.1, -0.05) is 0 Å². The SMILES string of the molecule is CCF.CCF.O=C(O)C(=O)O. The van der Waals surface area contributed by atoms with E-state index in [1.54, 1.807) is 0 Å². The lowest BCUT2D eigenvalue weighted by atomic mass is 10.7. The van der Waals surface area contributed by atoms with E-state index in [0.29, 0.717) is 0 Å². The van der Waals surface area contributed by atoms with E-state index in [0.717, 1.165) is 0 Å². The zero-order chi connectivity index (χ0) is 10.6. The van der Waals surface area contributed by atoms with Gasteiger partial charge in [0.2, 0.25) is 0 Å². The van der Waals surface area contributed by atoms with Gasteiger partial charge in [0.15, 0.2) is 0 Å². The van der Waals surface area contributed by atoms with Crippen molar-refractivity contribution in [1.82, 2.24) is 0 Å². The lowest BCUT2D eigenvalue weighted by Gasteiger charge is -1.72. The van der Waals surface area contributed by atoms with Crippen LogP contribution < -0.4 is 0 Å². The van der Waals surface area contributed by atoms with E-state index in [2.05, 4.69) is 0 Å². The van der Waals surface area contributed by atoms with Crippen molar-refractivity contribution in [1.29, 1.82) is 0 Å². The van der Waals surface area contributed by atoms with Crippen molar-refractivity contribution in [2.24, 2.45) is 0 Å². The van der Waals surface area contributed by atoms with Crippen LogP contribution in [0.5, 0.6) is 0 Å². The van der Waals surface area contributed by atoms with E-state index < -0.39 is 11.9 Å². The molecule has 0 amide bonds. The zero-order valence-electron chi connectivity index (χ0n) is 6.88. The lowest BCUT2D eigenvalue weighted by Crippen LogP contribution is -2.09. The first-order valence-corrected chi connectivity index (χ1v) is 3.05. The van der Waals surface area contributed by atoms with Crippen molar-refractivity contribution < 1.29 is 28.6 Å². The minimum Gasteiger partial charge on any atom is -0.473 e. The number of carboxylic acid groups (broad SMARTS) is 2. The Balaban J connectivity index is -0.000000115. The molecule has 0 unspecified atom stereocenters. The predicted molar refractivity (Wildman–Crippen MR) is 38.6 cm³/mol. The highest BCUT2D eigenvalue weighted by Gasteiger charge is 2.04. The third-order valence-electron chi connectivity index (χ3n) is 0.183. The molecule has 0 rings (SSSR count). The number of carboxylic acids is 2. The first kappa shape index (κ1) is 17.0. The Labute approximate surface area is 68.8 Å². The summed E-state index contributed by atoms with van der Waals surface area (Å²) in [6.45, 7) is 2.42. The van der Waals surface area contributed by atoms with Crippen molar-refractivity contribution in [2.75, 3.05) is 13.3 Å². The average molecular weight is 186 g/mol. The summed E-state index contributed by atoms with van der Waals surface area (Å²) in [5.74, 6) is -3.65. The summed E-state index contributed by atoms with van der Waals surface area (Å²) in [6, 6.07) is 0. The Morgan fingerprint density at radius 3 is 1.08 bits per heavy atom. The molecule has 0 aliphatic carbocycles. The minimum atomic E-state index is -1.82. The molecule has 0 bridgehead atoms. The van der Waals surface area contributed by atoms with E-state index in [4.69, 9.17) is 19.8 Å². The number of halogens is 2. The van der Waals surface area contributed by atoms with E-state index in [9.17, 15) is 8.78 Å². The van der Waals surface area contributed by atoms with Crippen molar-refractivity contribution >= 4 is 11.9 Å². The molecule has 0 aromatic carbocycles. The molecule has 0 aromatic rings. The highest BCUT2D eigenvalue weighted by molar-refractivity contribution is 6.27. The van der Waals surface area contributed by atoms with Gasteiger partial charge in [-0.25, -0.2) is 9.59 Å². The van der Waals surface area contributed by atoms with E-state index >= 15 is 0 Å². The first-order valence-electron chi connectivity index (χ1n) is 3.05. The summed E-state index contributed by atoms with van der Waals surface area (Å²) in [5.41, 5.74) is 0. The Hall–Kier alpha value is -1.20. The molecule has 0 aliphatic heterocycles. The number of alkyl halides is 2.